The van der Waals surface area contributed by atoms with Crippen LogP contribution in [0.2, 0.25) is 10.0 Å². The first-order valence-electron chi connectivity index (χ1n) is 13.2. The SMILES string of the molecule is CCCNC(=O)C(Cc1ccccc1)N(Cc1ccccc1Cl)C(=O)CCCN(c1cccc(Cl)c1)S(C)(=O)=O. The predicted molar refractivity (Wildman–Crippen MR) is 162 cm³/mol. The van der Waals surface area contributed by atoms with Gasteiger partial charge in [0.2, 0.25) is 21.8 Å². The summed E-state index contributed by atoms with van der Waals surface area (Å²) in [6.45, 7) is 2.67. The Bertz CT molecular complexity index is 1390. The molecule has 0 spiro atoms. The number of carbonyl (C=O) groups is 2. The van der Waals surface area contributed by atoms with Crippen molar-refractivity contribution in [3.63, 3.8) is 0 Å². The highest BCUT2D eigenvalue weighted by molar-refractivity contribution is 7.92. The zero-order valence-electron chi connectivity index (χ0n) is 22.7. The number of carbonyl (C=O) groups excluding carboxylic acids is 2. The van der Waals surface area contributed by atoms with Gasteiger partial charge in [0.1, 0.15) is 6.04 Å². The van der Waals surface area contributed by atoms with Crippen LogP contribution in [0.15, 0.2) is 78.9 Å². The summed E-state index contributed by atoms with van der Waals surface area (Å²) in [7, 11) is -3.62. The summed E-state index contributed by atoms with van der Waals surface area (Å²) in [5.41, 5.74) is 2.06. The highest BCUT2D eigenvalue weighted by Crippen LogP contribution is 2.24. The number of rotatable bonds is 14. The molecule has 0 aliphatic rings. The number of sulfonamides is 1. The summed E-state index contributed by atoms with van der Waals surface area (Å²) in [5.74, 6) is -0.519. The van der Waals surface area contributed by atoms with Crippen molar-refractivity contribution < 1.29 is 18.0 Å². The van der Waals surface area contributed by atoms with Gasteiger partial charge in [-0.1, -0.05) is 84.7 Å². The van der Waals surface area contributed by atoms with Crippen molar-refractivity contribution in [1.82, 2.24) is 10.2 Å². The van der Waals surface area contributed by atoms with Crippen LogP contribution in [0.4, 0.5) is 5.69 Å². The molecule has 0 saturated heterocycles. The van der Waals surface area contributed by atoms with Crippen LogP contribution in [0.1, 0.15) is 37.3 Å². The maximum Gasteiger partial charge on any atom is 0.243 e. The number of hydrogen-bond donors (Lipinski definition) is 1. The second-order valence-corrected chi connectivity index (χ2v) is 12.3. The fourth-order valence-corrected chi connectivity index (χ4v) is 5.70. The van der Waals surface area contributed by atoms with Crippen molar-refractivity contribution >= 4 is 50.7 Å². The summed E-state index contributed by atoms with van der Waals surface area (Å²) in [5, 5.41) is 3.85. The minimum Gasteiger partial charge on any atom is -0.354 e. The topological polar surface area (TPSA) is 86.8 Å². The summed E-state index contributed by atoms with van der Waals surface area (Å²) in [4.78, 5) is 28.8. The van der Waals surface area contributed by atoms with Gasteiger partial charge in [-0.3, -0.25) is 13.9 Å². The van der Waals surface area contributed by atoms with E-state index in [-0.39, 0.29) is 37.7 Å². The van der Waals surface area contributed by atoms with E-state index in [9.17, 15) is 18.0 Å². The summed E-state index contributed by atoms with van der Waals surface area (Å²) >= 11 is 12.5. The number of halogens is 2. The molecule has 3 aromatic carbocycles. The normalized spacial score (nSPS) is 12.0. The van der Waals surface area contributed by atoms with Gasteiger partial charge in [0, 0.05) is 42.5 Å². The largest absolute Gasteiger partial charge is 0.354 e. The summed E-state index contributed by atoms with van der Waals surface area (Å²) < 4.78 is 26.3. The molecule has 3 rings (SSSR count). The molecule has 0 bridgehead atoms. The van der Waals surface area contributed by atoms with Crippen LogP contribution >= 0.6 is 23.2 Å². The van der Waals surface area contributed by atoms with Gasteiger partial charge >= 0.3 is 0 Å². The minimum atomic E-state index is -3.62. The van der Waals surface area contributed by atoms with Crippen LogP contribution in [0.5, 0.6) is 0 Å². The number of benzene rings is 3. The van der Waals surface area contributed by atoms with Crippen molar-refractivity contribution in [3.8, 4) is 0 Å². The van der Waals surface area contributed by atoms with Crippen LogP contribution in [-0.4, -0.2) is 50.5 Å². The molecule has 0 aromatic heterocycles. The van der Waals surface area contributed by atoms with E-state index in [1.165, 1.54) is 4.31 Å². The Morgan fingerprint density at radius 3 is 2.30 bits per heavy atom. The average molecular weight is 605 g/mol. The van der Waals surface area contributed by atoms with Gasteiger partial charge in [0.15, 0.2) is 0 Å². The standard InChI is InChI=1S/C30H35Cl2N3O4S/c1-3-18-33-30(37)28(20-23-11-5-4-6-12-23)34(22-24-13-7-8-16-27(24)32)29(36)17-10-19-35(40(2,38)39)26-15-9-14-25(31)21-26/h4-9,11-16,21,28H,3,10,17-20,22H2,1-2H3,(H,33,37). The Morgan fingerprint density at radius 1 is 0.950 bits per heavy atom. The Morgan fingerprint density at radius 2 is 1.65 bits per heavy atom. The third-order valence-electron chi connectivity index (χ3n) is 6.37. The van der Waals surface area contributed by atoms with Crippen LogP contribution in [-0.2, 0) is 32.6 Å². The molecular weight excluding hydrogens is 569 g/mol. The third-order valence-corrected chi connectivity index (χ3v) is 8.17. The number of hydrogen-bond acceptors (Lipinski definition) is 4. The second kappa shape index (κ2) is 15.1. The Kier molecular flexibility index (Phi) is 11.9. The average Bonchev–Trinajstić information content (AvgIpc) is 2.92. The van der Waals surface area contributed by atoms with Crippen molar-refractivity contribution in [1.29, 1.82) is 0 Å². The molecule has 0 radical (unpaired) electrons. The molecule has 214 valence electrons. The molecule has 1 N–H and O–H groups in total. The number of nitrogens with zero attached hydrogens (tertiary/aromatic N) is 2. The van der Waals surface area contributed by atoms with Crippen LogP contribution in [0.3, 0.4) is 0 Å². The molecule has 3 aromatic rings. The lowest BCUT2D eigenvalue weighted by atomic mass is 10.0. The van der Waals surface area contributed by atoms with Gasteiger partial charge in [-0.2, -0.15) is 0 Å². The van der Waals surface area contributed by atoms with Gasteiger partial charge in [-0.15, -0.1) is 0 Å². The number of nitrogens with one attached hydrogen (secondary N) is 1. The van der Waals surface area contributed by atoms with Gasteiger partial charge in [0.25, 0.3) is 0 Å². The van der Waals surface area contributed by atoms with Crippen molar-refractivity contribution in [3.05, 3.63) is 100 Å². The van der Waals surface area contributed by atoms with E-state index in [1.807, 2.05) is 55.5 Å². The van der Waals surface area contributed by atoms with Crippen LogP contribution in [0.25, 0.3) is 0 Å². The molecule has 7 nitrogen and oxygen atoms in total. The van der Waals surface area contributed by atoms with Crippen molar-refractivity contribution in [2.75, 3.05) is 23.7 Å². The van der Waals surface area contributed by atoms with E-state index < -0.39 is 16.1 Å². The van der Waals surface area contributed by atoms with Crippen molar-refractivity contribution in [2.24, 2.45) is 0 Å². The monoisotopic (exact) mass is 603 g/mol. The summed E-state index contributed by atoms with van der Waals surface area (Å²) in [6, 6.07) is 22.5. The molecular formula is C30H35Cl2N3O4S. The third kappa shape index (κ3) is 9.25. The zero-order chi connectivity index (χ0) is 29.1. The van der Waals surface area contributed by atoms with E-state index in [4.69, 9.17) is 23.2 Å². The highest BCUT2D eigenvalue weighted by atomic mass is 35.5. The molecule has 0 aliphatic carbocycles. The molecule has 1 atom stereocenters. The smallest absolute Gasteiger partial charge is 0.243 e. The molecule has 10 heteroatoms. The number of amides is 2. The first-order chi connectivity index (χ1) is 19.1. The lowest BCUT2D eigenvalue weighted by Gasteiger charge is -2.32. The molecule has 1 unspecified atom stereocenters. The molecule has 2 amide bonds. The van der Waals surface area contributed by atoms with Gasteiger partial charge in [-0.25, -0.2) is 8.42 Å². The fourth-order valence-electron chi connectivity index (χ4n) is 4.37. The van der Waals surface area contributed by atoms with Gasteiger partial charge in [0.05, 0.1) is 11.9 Å². The maximum absolute atomic E-state index is 13.8. The van der Waals surface area contributed by atoms with E-state index in [1.54, 1.807) is 35.2 Å². The zero-order valence-corrected chi connectivity index (χ0v) is 25.1. The van der Waals surface area contributed by atoms with E-state index in [2.05, 4.69) is 5.32 Å². The summed E-state index contributed by atoms with van der Waals surface area (Å²) in [6.07, 6.45) is 2.47. The van der Waals surface area contributed by atoms with E-state index in [0.29, 0.717) is 28.7 Å². The first-order valence-corrected chi connectivity index (χ1v) is 15.8. The number of anilines is 1. The van der Waals surface area contributed by atoms with Crippen molar-refractivity contribution in [2.45, 2.75) is 45.2 Å². The minimum absolute atomic E-state index is 0.0311. The van der Waals surface area contributed by atoms with Crippen LogP contribution < -0.4 is 9.62 Å². The highest BCUT2D eigenvalue weighted by Gasteiger charge is 2.30. The quantitative estimate of drug-likeness (QED) is 0.256. The lowest BCUT2D eigenvalue weighted by Crippen LogP contribution is -2.50. The Labute approximate surface area is 247 Å². The lowest BCUT2D eigenvalue weighted by molar-refractivity contribution is -0.141. The molecule has 0 saturated carbocycles. The maximum atomic E-state index is 13.8. The first kappa shape index (κ1) is 31.5. The molecule has 0 aliphatic heterocycles. The Balaban J connectivity index is 1.88. The van der Waals surface area contributed by atoms with Gasteiger partial charge in [-0.05, 0) is 48.2 Å². The second-order valence-electron chi connectivity index (χ2n) is 9.53. The van der Waals surface area contributed by atoms with Crippen LogP contribution in [0, 0.1) is 0 Å². The Hall–Kier alpha value is -3.07. The molecule has 0 heterocycles. The predicted octanol–water partition coefficient (Wildman–Crippen LogP) is 5.71. The van der Waals surface area contributed by atoms with Gasteiger partial charge < -0.3 is 10.2 Å². The van der Waals surface area contributed by atoms with E-state index in [0.717, 1.165) is 23.8 Å². The fraction of sp³-hybridized carbons (Fsp3) is 0.333. The molecule has 40 heavy (non-hydrogen) atoms. The van der Waals surface area contributed by atoms with E-state index >= 15 is 0 Å². The molecule has 0 fully saturated rings.